The number of nitrogens with zero attached hydrogens (tertiary/aromatic N) is 1. The molecular weight excluding hydrogens is 208 g/mol. The zero-order valence-corrected chi connectivity index (χ0v) is 9.77. The molecule has 0 aromatic carbocycles. The Morgan fingerprint density at radius 2 is 2.53 bits per heavy atom. The molecule has 2 heterocycles. The molecule has 1 aromatic rings. The smallest absolute Gasteiger partial charge is 0.135 e. The second-order valence-electron chi connectivity index (χ2n) is 4.06. The molecule has 1 N–H and O–H groups in total. The van der Waals surface area contributed by atoms with Gasteiger partial charge in [-0.05, 0) is 26.3 Å². The number of hydrogen-bond donors (Lipinski definition) is 1. The Morgan fingerprint density at radius 3 is 3.20 bits per heavy atom. The molecular formula is C11H16N2OS. The highest BCUT2D eigenvalue weighted by molar-refractivity contribution is 7.09. The van der Waals surface area contributed by atoms with Crippen LogP contribution in [0.15, 0.2) is 5.38 Å². The predicted octanol–water partition coefficient (Wildman–Crippen LogP) is 2.09. The minimum Gasteiger partial charge on any atom is -0.308 e. The van der Waals surface area contributed by atoms with Gasteiger partial charge in [-0.25, -0.2) is 4.98 Å². The molecule has 1 aliphatic rings. The Morgan fingerprint density at radius 1 is 1.67 bits per heavy atom. The van der Waals surface area contributed by atoms with E-state index < -0.39 is 0 Å². The van der Waals surface area contributed by atoms with Gasteiger partial charge in [0.25, 0.3) is 0 Å². The lowest BCUT2D eigenvalue weighted by atomic mass is 10.1. The van der Waals surface area contributed by atoms with Crippen LogP contribution in [0.4, 0.5) is 0 Å². The predicted molar refractivity (Wildman–Crippen MR) is 61.1 cm³/mol. The Balaban J connectivity index is 2.02. The fraction of sp³-hybridized carbons (Fsp3) is 0.636. The number of nitrogens with one attached hydrogen (secondary N) is 1. The number of carbonyl (C=O) groups excluding carboxylic acids is 1. The van der Waals surface area contributed by atoms with Gasteiger partial charge >= 0.3 is 0 Å². The molecule has 1 atom stereocenters. The summed E-state index contributed by atoms with van der Waals surface area (Å²) in [7, 11) is 0. The molecule has 0 saturated carbocycles. The molecule has 3 nitrogen and oxygen atoms in total. The molecule has 0 spiro atoms. The van der Waals surface area contributed by atoms with Crippen molar-refractivity contribution in [1.82, 2.24) is 10.3 Å². The van der Waals surface area contributed by atoms with Gasteiger partial charge in [0.2, 0.25) is 0 Å². The summed E-state index contributed by atoms with van der Waals surface area (Å²) in [5.41, 5.74) is 0.926. The van der Waals surface area contributed by atoms with Crippen LogP contribution < -0.4 is 5.32 Å². The van der Waals surface area contributed by atoms with Crippen molar-refractivity contribution in [3.63, 3.8) is 0 Å². The summed E-state index contributed by atoms with van der Waals surface area (Å²) < 4.78 is 0. The van der Waals surface area contributed by atoms with Crippen molar-refractivity contribution >= 4 is 17.1 Å². The lowest BCUT2D eigenvalue weighted by molar-refractivity contribution is -0.116. The summed E-state index contributed by atoms with van der Waals surface area (Å²) in [4.78, 5) is 15.5. The second-order valence-corrected chi connectivity index (χ2v) is 4.95. The number of ketones is 1. The third-order valence-corrected chi connectivity index (χ3v) is 3.62. The molecule has 1 aliphatic heterocycles. The van der Waals surface area contributed by atoms with Crippen LogP contribution in [0.3, 0.4) is 0 Å². The minimum absolute atomic E-state index is 0.184. The molecule has 1 unspecified atom stereocenters. The van der Waals surface area contributed by atoms with Crippen molar-refractivity contribution in [2.24, 2.45) is 0 Å². The Bertz CT molecular complexity index is 342. The molecule has 82 valence electrons. The van der Waals surface area contributed by atoms with E-state index in [-0.39, 0.29) is 5.78 Å². The minimum atomic E-state index is 0.184. The lowest BCUT2D eigenvalue weighted by Gasteiger charge is -2.21. The standard InChI is InChI=1S/C11H16N2OS/c1-8(14)6-9-7-15-11(13-9)10-4-2-3-5-12-10/h7,10,12H,2-6H2,1H3. The van der Waals surface area contributed by atoms with Crippen LogP contribution in [0.25, 0.3) is 0 Å². The van der Waals surface area contributed by atoms with Gasteiger partial charge in [0.15, 0.2) is 0 Å². The number of aromatic nitrogens is 1. The molecule has 1 aromatic heterocycles. The summed E-state index contributed by atoms with van der Waals surface area (Å²) >= 11 is 1.67. The highest BCUT2D eigenvalue weighted by Crippen LogP contribution is 2.25. The Hall–Kier alpha value is -0.740. The van der Waals surface area contributed by atoms with E-state index in [4.69, 9.17) is 0 Å². The van der Waals surface area contributed by atoms with Crippen LogP contribution in [-0.4, -0.2) is 17.3 Å². The largest absolute Gasteiger partial charge is 0.308 e. The number of thiazole rings is 1. The van der Waals surface area contributed by atoms with Gasteiger partial charge in [0.1, 0.15) is 10.8 Å². The number of carbonyl (C=O) groups is 1. The van der Waals surface area contributed by atoms with Crippen LogP contribution in [0, 0.1) is 0 Å². The fourth-order valence-electron chi connectivity index (χ4n) is 1.88. The molecule has 4 heteroatoms. The van der Waals surface area contributed by atoms with E-state index in [2.05, 4.69) is 10.3 Å². The van der Waals surface area contributed by atoms with Gasteiger partial charge in [-0.3, -0.25) is 4.79 Å². The third-order valence-electron chi connectivity index (χ3n) is 2.61. The summed E-state index contributed by atoms with van der Waals surface area (Å²) in [6.45, 7) is 2.70. The molecule has 1 fully saturated rings. The molecule has 15 heavy (non-hydrogen) atoms. The van der Waals surface area contributed by atoms with Gasteiger partial charge in [-0.1, -0.05) is 6.42 Å². The van der Waals surface area contributed by atoms with Gasteiger partial charge in [-0.2, -0.15) is 0 Å². The van der Waals surface area contributed by atoms with Gasteiger partial charge in [0, 0.05) is 11.8 Å². The van der Waals surface area contributed by atoms with Gasteiger partial charge in [-0.15, -0.1) is 11.3 Å². The van der Waals surface area contributed by atoms with E-state index in [1.165, 1.54) is 19.3 Å². The normalized spacial score (nSPS) is 21.5. The molecule has 2 rings (SSSR count). The van der Waals surface area contributed by atoms with E-state index in [9.17, 15) is 4.79 Å². The summed E-state index contributed by atoms with van der Waals surface area (Å²) in [6, 6.07) is 0.421. The highest BCUT2D eigenvalue weighted by atomic mass is 32.1. The number of hydrogen-bond acceptors (Lipinski definition) is 4. The number of rotatable bonds is 3. The SMILES string of the molecule is CC(=O)Cc1csc(C2CCCCN2)n1. The van der Waals surface area contributed by atoms with Crippen molar-refractivity contribution < 1.29 is 4.79 Å². The summed E-state index contributed by atoms with van der Waals surface area (Å²) in [6.07, 6.45) is 4.19. The van der Waals surface area contributed by atoms with Crippen molar-refractivity contribution in [3.05, 3.63) is 16.1 Å². The average molecular weight is 224 g/mol. The van der Waals surface area contributed by atoms with Crippen molar-refractivity contribution in [2.75, 3.05) is 6.54 Å². The van der Waals surface area contributed by atoms with E-state index in [1.807, 2.05) is 5.38 Å². The van der Waals surface area contributed by atoms with Crippen LogP contribution in [0.5, 0.6) is 0 Å². The quantitative estimate of drug-likeness (QED) is 0.854. The zero-order valence-electron chi connectivity index (χ0n) is 8.95. The lowest BCUT2D eigenvalue weighted by Crippen LogP contribution is -2.26. The van der Waals surface area contributed by atoms with E-state index >= 15 is 0 Å². The maximum atomic E-state index is 10.9. The summed E-state index contributed by atoms with van der Waals surface area (Å²) in [5.74, 6) is 0.184. The number of Topliss-reactive ketones (excluding diaryl/α,β-unsaturated/α-hetero) is 1. The first kappa shape index (κ1) is 10.8. The molecule has 0 radical (unpaired) electrons. The Kier molecular flexibility index (Phi) is 3.49. The first-order valence-electron chi connectivity index (χ1n) is 5.43. The monoisotopic (exact) mass is 224 g/mol. The first-order chi connectivity index (χ1) is 7.25. The zero-order chi connectivity index (χ0) is 10.7. The van der Waals surface area contributed by atoms with E-state index in [0.717, 1.165) is 17.2 Å². The summed E-state index contributed by atoms with van der Waals surface area (Å²) in [5, 5.41) is 6.62. The molecule has 0 aliphatic carbocycles. The fourth-order valence-corrected chi connectivity index (χ4v) is 2.81. The average Bonchev–Trinajstić information content (AvgIpc) is 2.67. The Labute approximate surface area is 93.9 Å². The molecule has 0 amide bonds. The maximum Gasteiger partial charge on any atom is 0.135 e. The third kappa shape index (κ3) is 2.86. The molecule has 0 bridgehead atoms. The maximum absolute atomic E-state index is 10.9. The number of piperidine rings is 1. The second kappa shape index (κ2) is 4.86. The van der Waals surface area contributed by atoms with Crippen LogP contribution in [0.2, 0.25) is 0 Å². The molecule has 1 saturated heterocycles. The van der Waals surface area contributed by atoms with Crippen molar-refractivity contribution in [2.45, 2.75) is 38.6 Å². The van der Waals surface area contributed by atoms with Crippen LogP contribution in [0.1, 0.15) is 42.9 Å². The van der Waals surface area contributed by atoms with Crippen molar-refractivity contribution in [3.8, 4) is 0 Å². The highest BCUT2D eigenvalue weighted by Gasteiger charge is 2.17. The van der Waals surface area contributed by atoms with Crippen LogP contribution in [-0.2, 0) is 11.2 Å². The van der Waals surface area contributed by atoms with E-state index in [1.54, 1.807) is 18.3 Å². The van der Waals surface area contributed by atoms with E-state index in [0.29, 0.717) is 12.5 Å². The van der Waals surface area contributed by atoms with Crippen LogP contribution >= 0.6 is 11.3 Å². The first-order valence-corrected chi connectivity index (χ1v) is 6.31. The van der Waals surface area contributed by atoms with Crippen molar-refractivity contribution in [1.29, 1.82) is 0 Å². The van der Waals surface area contributed by atoms with Gasteiger partial charge < -0.3 is 5.32 Å². The van der Waals surface area contributed by atoms with Gasteiger partial charge in [0.05, 0.1) is 11.7 Å². The topological polar surface area (TPSA) is 42.0 Å².